The largest absolute Gasteiger partial charge is 0.456 e. The van der Waals surface area contributed by atoms with Crippen LogP contribution in [0.4, 0.5) is 0 Å². The van der Waals surface area contributed by atoms with Crippen molar-refractivity contribution in [3.8, 4) is 33.6 Å². The van der Waals surface area contributed by atoms with Gasteiger partial charge in [-0.3, -0.25) is 4.57 Å². The fraction of sp³-hybridized carbons (Fsp3) is 0. The zero-order valence-electron chi connectivity index (χ0n) is 29.0. The molecule has 0 aliphatic carbocycles. The van der Waals surface area contributed by atoms with Crippen LogP contribution in [0.3, 0.4) is 0 Å². The van der Waals surface area contributed by atoms with Gasteiger partial charge in [-0.1, -0.05) is 103 Å². The van der Waals surface area contributed by atoms with E-state index < -0.39 is 0 Å². The topological polar surface area (TPSA) is 36.1 Å². The Labute approximate surface area is 309 Å². The quantitative estimate of drug-likeness (QED) is 0.184. The molecule has 12 rings (SSSR count). The van der Waals surface area contributed by atoms with Crippen LogP contribution in [0.2, 0.25) is 0 Å². The van der Waals surface area contributed by atoms with Gasteiger partial charge in [-0.25, -0.2) is 0 Å². The van der Waals surface area contributed by atoms with Gasteiger partial charge < -0.3 is 13.4 Å². The number of para-hydroxylation sites is 4. The van der Waals surface area contributed by atoms with Gasteiger partial charge in [0.05, 0.1) is 21.9 Å². The Morgan fingerprint density at radius 1 is 0.296 bits per heavy atom. The summed E-state index contributed by atoms with van der Waals surface area (Å²) < 4.78 is 17.5. The van der Waals surface area contributed by atoms with Crippen LogP contribution in [0.1, 0.15) is 0 Å². The SMILES string of the molecule is c1ccc(-n2c3ccccc3c3c4ccc(-c5cccc(-n6c7ccccc7c7cc(-c8ccc9oc%10ccccc%10c9c8)ccc76)c5)cc4oc32)cc1. The summed E-state index contributed by atoms with van der Waals surface area (Å²) in [6, 6.07) is 64.8. The molecule has 0 amide bonds. The van der Waals surface area contributed by atoms with Crippen molar-refractivity contribution in [2.75, 3.05) is 0 Å². The third-order valence-electron chi connectivity index (χ3n) is 11.1. The lowest BCUT2D eigenvalue weighted by atomic mass is 10.0. The summed E-state index contributed by atoms with van der Waals surface area (Å²) in [4.78, 5) is 0. The van der Waals surface area contributed by atoms with Gasteiger partial charge in [-0.05, 0) is 101 Å². The van der Waals surface area contributed by atoms with E-state index in [-0.39, 0.29) is 0 Å². The number of aromatic nitrogens is 2. The molecule has 0 N–H and O–H groups in total. The molecule has 4 nitrogen and oxygen atoms in total. The van der Waals surface area contributed by atoms with E-state index in [4.69, 9.17) is 8.83 Å². The Hall–Kier alpha value is -7.30. The van der Waals surface area contributed by atoms with Crippen LogP contribution >= 0.6 is 0 Å². The zero-order valence-corrected chi connectivity index (χ0v) is 29.0. The third kappa shape index (κ3) is 4.19. The lowest BCUT2D eigenvalue weighted by molar-refractivity contribution is 0.645. The number of hydrogen-bond acceptors (Lipinski definition) is 2. The van der Waals surface area contributed by atoms with E-state index in [0.717, 1.165) is 72.0 Å². The first kappa shape index (κ1) is 29.3. The number of furan rings is 2. The molecule has 8 aromatic carbocycles. The molecule has 0 spiro atoms. The van der Waals surface area contributed by atoms with Gasteiger partial charge >= 0.3 is 0 Å². The van der Waals surface area contributed by atoms with E-state index in [9.17, 15) is 0 Å². The van der Waals surface area contributed by atoms with Gasteiger partial charge in [-0.2, -0.15) is 0 Å². The standard InChI is InChI=1S/C50H30N2O2/c1-2-12-35(13-3-1)52-44-19-8-5-17-39(44)49-40-24-21-34(30-48(40)54-50(49)52)31-11-10-14-36(27-31)51-43-18-7-4-15-37(43)41-28-32(22-25-45(41)51)33-23-26-47-42(29-33)38-16-6-9-20-46(38)53-47/h1-30H. The lowest BCUT2D eigenvalue weighted by Gasteiger charge is -2.11. The maximum absolute atomic E-state index is 6.74. The first-order valence-electron chi connectivity index (χ1n) is 18.3. The highest BCUT2D eigenvalue weighted by atomic mass is 16.3. The van der Waals surface area contributed by atoms with E-state index in [2.05, 4.69) is 173 Å². The number of nitrogens with zero attached hydrogens (tertiary/aromatic N) is 2. The number of hydrogen-bond donors (Lipinski definition) is 0. The monoisotopic (exact) mass is 690 g/mol. The van der Waals surface area contributed by atoms with Crippen molar-refractivity contribution in [1.82, 2.24) is 9.13 Å². The first-order chi connectivity index (χ1) is 26.8. The van der Waals surface area contributed by atoms with Crippen LogP contribution in [0.25, 0.3) is 110 Å². The molecule has 54 heavy (non-hydrogen) atoms. The Morgan fingerprint density at radius 3 is 1.78 bits per heavy atom. The Balaban J connectivity index is 0.987. The predicted octanol–water partition coefficient (Wildman–Crippen LogP) is 13.9. The maximum Gasteiger partial charge on any atom is 0.213 e. The molecule has 0 bridgehead atoms. The molecular formula is C50H30N2O2. The zero-order chi connectivity index (χ0) is 35.3. The number of rotatable bonds is 4. The normalized spacial score (nSPS) is 12.1. The fourth-order valence-electron chi connectivity index (χ4n) is 8.66. The molecule has 0 aliphatic rings. The second-order valence-electron chi connectivity index (χ2n) is 14.1. The second kappa shape index (κ2) is 11.1. The highest BCUT2D eigenvalue weighted by Crippen LogP contribution is 2.41. The van der Waals surface area contributed by atoms with Crippen molar-refractivity contribution in [2.24, 2.45) is 0 Å². The smallest absolute Gasteiger partial charge is 0.213 e. The second-order valence-corrected chi connectivity index (χ2v) is 14.1. The average molecular weight is 691 g/mol. The summed E-state index contributed by atoms with van der Waals surface area (Å²) >= 11 is 0. The summed E-state index contributed by atoms with van der Waals surface area (Å²) in [6.07, 6.45) is 0. The Kier molecular flexibility index (Phi) is 6.02. The van der Waals surface area contributed by atoms with Crippen LogP contribution in [-0.2, 0) is 0 Å². The highest BCUT2D eigenvalue weighted by Gasteiger charge is 2.20. The molecule has 4 heteroatoms. The summed E-state index contributed by atoms with van der Waals surface area (Å²) in [5, 5.41) is 8.18. The van der Waals surface area contributed by atoms with Crippen LogP contribution in [0, 0.1) is 0 Å². The van der Waals surface area contributed by atoms with Crippen molar-refractivity contribution >= 4 is 76.7 Å². The van der Waals surface area contributed by atoms with E-state index in [1.807, 2.05) is 18.2 Å². The Morgan fingerprint density at radius 2 is 0.907 bits per heavy atom. The van der Waals surface area contributed by atoms with Crippen LogP contribution in [-0.4, -0.2) is 9.13 Å². The van der Waals surface area contributed by atoms with Gasteiger partial charge in [0, 0.05) is 43.7 Å². The molecule has 0 atom stereocenters. The minimum atomic E-state index is 0.867. The number of benzene rings is 8. The molecule has 0 saturated carbocycles. The van der Waals surface area contributed by atoms with Crippen molar-refractivity contribution in [1.29, 1.82) is 0 Å². The highest BCUT2D eigenvalue weighted by molar-refractivity contribution is 6.20. The molecule has 0 radical (unpaired) electrons. The molecular weight excluding hydrogens is 661 g/mol. The van der Waals surface area contributed by atoms with Crippen molar-refractivity contribution in [3.05, 3.63) is 182 Å². The van der Waals surface area contributed by atoms with E-state index in [0.29, 0.717) is 0 Å². The third-order valence-corrected chi connectivity index (χ3v) is 11.1. The summed E-state index contributed by atoms with van der Waals surface area (Å²) in [5.74, 6) is 0. The minimum Gasteiger partial charge on any atom is -0.456 e. The van der Waals surface area contributed by atoms with E-state index in [1.165, 1.54) is 38.3 Å². The van der Waals surface area contributed by atoms with Crippen molar-refractivity contribution < 1.29 is 8.83 Å². The molecule has 0 fully saturated rings. The van der Waals surface area contributed by atoms with Gasteiger partial charge in [0.1, 0.15) is 16.7 Å². The van der Waals surface area contributed by atoms with Gasteiger partial charge in [0.25, 0.3) is 0 Å². The Bertz CT molecular complexity index is 3450. The van der Waals surface area contributed by atoms with Gasteiger partial charge in [-0.15, -0.1) is 0 Å². The van der Waals surface area contributed by atoms with Crippen LogP contribution in [0.15, 0.2) is 191 Å². The average Bonchev–Trinajstić information content (AvgIpc) is 3.97. The fourth-order valence-corrected chi connectivity index (χ4v) is 8.66. The molecule has 0 aliphatic heterocycles. The maximum atomic E-state index is 6.74. The summed E-state index contributed by atoms with van der Waals surface area (Å²) in [5.41, 5.74) is 13.9. The lowest BCUT2D eigenvalue weighted by Crippen LogP contribution is -1.94. The summed E-state index contributed by atoms with van der Waals surface area (Å²) in [7, 11) is 0. The molecule has 0 unspecified atom stereocenters. The minimum absolute atomic E-state index is 0.867. The van der Waals surface area contributed by atoms with E-state index >= 15 is 0 Å². The van der Waals surface area contributed by atoms with Gasteiger partial charge in [0.15, 0.2) is 0 Å². The van der Waals surface area contributed by atoms with Crippen molar-refractivity contribution in [2.45, 2.75) is 0 Å². The molecule has 4 heterocycles. The number of fused-ring (bicyclic) bond motifs is 11. The van der Waals surface area contributed by atoms with E-state index in [1.54, 1.807) is 0 Å². The summed E-state index contributed by atoms with van der Waals surface area (Å²) in [6.45, 7) is 0. The van der Waals surface area contributed by atoms with Crippen LogP contribution < -0.4 is 0 Å². The molecule has 0 saturated heterocycles. The van der Waals surface area contributed by atoms with Gasteiger partial charge in [0.2, 0.25) is 5.71 Å². The first-order valence-corrected chi connectivity index (χ1v) is 18.3. The van der Waals surface area contributed by atoms with Crippen LogP contribution in [0.5, 0.6) is 0 Å². The van der Waals surface area contributed by atoms with Crippen molar-refractivity contribution in [3.63, 3.8) is 0 Å². The molecule has 12 aromatic rings. The molecule has 252 valence electrons. The molecule has 4 aromatic heterocycles. The predicted molar refractivity (Wildman–Crippen MR) is 223 cm³/mol.